The number of rotatable bonds is 13. The molecule has 14 aromatic rings. The third-order valence-electron chi connectivity index (χ3n) is 24.5. The normalized spacial score (nSPS) is 14.2. The third-order valence-corrected chi connectivity index (χ3v) is 32.0. The first-order valence-electron chi connectivity index (χ1n) is 39.5. The Bertz CT molecular complexity index is 5700. The summed E-state index contributed by atoms with van der Waals surface area (Å²) in [6.45, 7) is 54.5. The summed E-state index contributed by atoms with van der Waals surface area (Å²) in [7, 11) is -4.19. The van der Waals surface area contributed by atoms with Gasteiger partial charge in [-0.25, -0.2) is 0 Å². The molecule has 548 valence electrons. The molecule has 0 spiro atoms. The highest BCUT2D eigenvalue weighted by Crippen LogP contribution is 2.56. The second-order valence-corrected chi connectivity index (χ2v) is 53.8. The van der Waals surface area contributed by atoms with Crippen molar-refractivity contribution in [2.24, 2.45) is 0 Å². The molecule has 0 N–H and O–H groups in total. The number of halogens is 2. The van der Waals surface area contributed by atoms with E-state index < -0.39 is 24.2 Å². The van der Waals surface area contributed by atoms with E-state index in [2.05, 4.69) is 386 Å². The maximum absolute atomic E-state index is 3.90. The Labute approximate surface area is 660 Å². The first kappa shape index (κ1) is 76.2. The molecule has 0 aromatic heterocycles. The van der Waals surface area contributed by atoms with Gasteiger partial charge in [-0.2, -0.15) is 0 Å². The Morgan fingerprint density at radius 3 is 1.15 bits per heavy atom. The number of aryl methyl sites for hydroxylation is 8. The van der Waals surface area contributed by atoms with Crippen molar-refractivity contribution in [2.75, 3.05) is 9.80 Å². The molecule has 0 amide bonds. The summed E-state index contributed by atoms with van der Waals surface area (Å²) < 4.78 is 2.45. The van der Waals surface area contributed by atoms with E-state index in [1.165, 1.54) is 208 Å². The predicted molar refractivity (Wildman–Crippen MR) is 489 cm³/mol. The van der Waals surface area contributed by atoms with Gasteiger partial charge in [-0.3, -0.25) is 0 Å². The van der Waals surface area contributed by atoms with Gasteiger partial charge in [0, 0.05) is 36.5 Å². The van der Waals surface area contributed by atoms with Crippen LogP contribution in [0, 0.1) is 41.5 Å². The van der Waals surface area contributed by atoms with Crippen molar-refractivity contribution in [3.05, 3.63) is 275 Å². The monoisotopic (exact) mass is 1580 g/mol. The summed E-state index contributed by atoms with van der Waals surface area (Å²) in [6, 6.07) is 73.1. The van der Waals surface area contributed by atoms with Crippen molar-refractivity contribution in [2.45, 2.75) is 211 Å². The van der Waals surface area contributed by atoms with Crippen LogP contribution in [0.25, 0.3) is 64.6 Å². The van der Waals surface area contributed by atoms with Crippen molar-refractivity contribution >= 4 is 170 Å². The average molecular weight is 1590 g/mol. The van der Waals surface area contributed by atoms with Gasteiger partial charge in [0.25, 0.3) is 0 Å². The van der Waals surface area contributed by atoms with E-state index in [0.29, 0.717) is 11.8 Å². The Kier molecular flexibility index (Phi) is 20.2. The lowest BCUT2D eigenvalue weighted by Gasteiger charge is -2.38. The topological polar surface area (TPSA) is 6.48 Å². The van der Waals surface area contributed by atoms with E-state index in [1.807, 2.05) is 0 Å². The third kappa shape index (κ3) is 13.9. The second kappa shape index (κ2) is 28.4. The molecule has 0 aliphatic heterocycles. The molecule has 0 bridgehead atoms. The summed E-state index contributed by atoms with van der Waals surface area (Å²) in [5.74, 6) is 0.828. The Balaban J connectivity index is 0.000000172. The molecular formula is C100H112Br2N2Si3. The Morgan fingerprint density at radius 1 is 0.355 bits per heavy atom. The SMILES string of the molecule is CC(C)c1cc(Br)c2cc3c4c(cc(Br)c5ccc1c2c54)CCC3(C)C.Cc1cccc(C)c1Cc1ccc([Si](C)(C)C)cc1.Cc1cccc(C)c1N(c1ccc([Si](C)(C)C)cc1)c1cc(C(C)C)c2ccc3c(N(c4ccc([Si](C)(C)C)cc4)c4c(C)cccc4C)cc4c5c(cc1c2c35)C(C)(C)CC4. The predicted octanol–water partition coefficient (Wildman–Crippen LogP) is 29.1. The van der Waals surface area contributed by atoms with Crippen molar-refractivity contribution in [3.8, 4) is 0 Å². The lowest BCUT2D eigenvalue weighted by molar-refractivity contribution is 0.475. The molecule has 0 unspecified atom stereocenters. The van der Waals surface area contributed by atoms with Gasteiger partial charge in [-0.15, -0.1) is 0 Å². The van der Waals surface area contributed by atoms with Gasteiger partial charge in [0.05, 0.1) is 47.0 Å². The van der Waals surface area contributed by atoms with E-state index in [-0.39, 0.29) is 10.8 Å². The molecule has 7 heteroatoms. The fraction of sp³-hybridized carbons (Fsp3) is 0.320. The standard InChI is InChI=1S/C58H66N2Si2.C24H22Br2.C18H24Si/c1-36(2)48-35-52(60(57-39(5)19-16-20-40(57)6)43-23-27-45(28-24-43)62(12,13)14)49-34-50-53-41(31-32-58(50,7)8)33-51(47-30-29-46(48)54(49)55(47)53)59(56-37(3)17-15-18-38(56)4)42-21-25-44(26-22-42)61(9,10)11;1-12(2)16-11-20(26)17-10-18-21-13(7-8-24(18,3)4)9-19(25)15-6-5-14(16)22(17)23(15)21;1-14-7-6-8-15(2)18(14)13-16-9-11-17(12-10-16)19(3,4)5/h15-30,33-36H,31-32H2,1-14H3;5-6,9-12H,7-8H2,1-4H3;6-12H,13H2,1-5H3. The molecule has 2 aliphatic carbocycles. The summed E-state index contributed by atoms with van der Waals surface area (Å²) >= 11 is 7.77. The van der Waals surface area contributed by atoms with Crippen LogP contribution in [-0.2, 0) is 30.1 Å². The largest absolute Gasteiger partial charge is 0.309 e. The molecule has 14 aromatic carbocycles. The molecule has 107 heavy (non-hydrogen) atoms. The summed E-state index contributed by atoms with van der Waals surface area (Å²) in [6.07, 6.45) is 5.57. The summed E-state index contributed by atoms with van der Waals surface area (Å²) in [5, 5.41) is 21.3. The van der Waals surface area contributed by atoms with Gasteiger partial charge in [0.15, 0.2) is 0 Å². The second-order valence-electron chi connectivity index (χ2n) is 36.8. The zero-order valence-electron chi connectivity index (χ0n) is 68.2. The summed E-state index contributed by atoms with van der Waals surface area (Å²) in [4.78, 5) is 5.22. The molecule has 0 fully saturated rings. The van der Waals surface area contributed by atoms with Crippen molar-refractivity contribution in [1.29, 1.82) is 0 Å². The number of para-hydroxylation sites is 2. The van der Waals surface area contributed by atoms with Crippen molar-refractivity contribution in [1.82, 2.24) is 0 Å². The van der Waals surface area contributed by atoms with Crippen molar-refractivity contribution < 1.29 is 0 Å². The minimum absolute atomic E-state index is 0.0106. The number of hydrogen-bond donors (Lipinski definition) is 0. The Hall–Kier alpha value is -7.63. The van der Waals surface area contributed by atoms with Crippen LogP contribution in [0.15, 0.2) is 197 Å². The maximum Gasteiger partial charge on any atom is 0.0775 e. The van der Waals surface area contributed by atoms with E-state index in [0.717, 1.165) is 25.7 Å². The van der Waals surface area contributed by atoms with Gasteiger partial charge in [-0.05, 0) is 283 Å². The fourth-order valence-corrected chi connectivity index (χ4v) is 22.7. The van der Waals surface area contributed by atoms with Crippen LogP contribution in [0.1, 0.15) is 158 Å². The lowest BCUT2D eigenvalue weighted by Crippen LogP contribution is -2.37. The minimum atomic E-state index is -1.51. The van der Waals surface area contributed by atoms with Crippen LogP contribution in [0.4, 0.5) is 34.1 Å². The highest BCUT2D eigenvalue weighted by molar-refractivity contribution is 9.11. The van der Waals surface area contributed by atoms with E-state index in [9.17, 15) is 0 Å². The number of anilines is 6. The zero-order valence-corrected chi connectivity index (χ0v) is 74.4. The first-order chi connectivity index (χ1) is 50.4. The van der Waals surface area contributed by atoms with Gasteiger partial charge >= 0.3 is 0 Å². The van der Waals surface area contributed by atoms with E-state index in [1.54, 1.807) is 0 Å². The van der Waals surface area contributed by atoms with Crippen LogP contribution < -0.4 is 25.4 Å². The molecule has 0 heterocycles. The maximum atomic E-state index is 3.90. The minimum Gasteiger partial charge on any atom is -0.309 e. The number of benzene rings is 14. The number of hydrogen-bond acceptors (Lipinski definition) is 2. The zero-order chi connectivity index (χ0) is 76.6. The van der Waals surface area contributed by atoms with Gasteiger partial charge in [0.2, 0.25) is 0 Å². The van der Waals surface area contributed by atoms with Crippen molar-refractivity contribution in [3.63, 3.8) is 0 Å². The Morgan fingerprint density at radius 2 is 0.710 bits per heavy atom. The highest BCUT2D eigenvalue weighted by Gasteiger charge is 2.37. The van der Waals surface area contributed by atoms with Crippen LogP contribution in [0.5, 0.6) is 0 Å². The van der Waals surface area contributed by atoms with Crippen LogP contribution in [0.3, 0.4) is 0 Å². The van der Waals surface area contributed by atoms with Crippen LogP contribution >= 0.6 is 31.9 Å². The molecule has 0 atom stereocenters. The smallest absolute Gasteiger partial charge is 0.0775 e. The average Bonchev–Trinajstić information content (AvgIpc) is 0.698. The molecule has 0 radical (unpaired) electrons. The molecule has 16 rings (SSSR count). The molecule has 0 saturated carbocycles. The molecule has 0 saturated heterocycles. The quantitative estimate of drug-likeness (QED) is 0.0838. The fourth-order valence-electron chi connectivity index (χ4n) is 18.0. The number of nitrogens with zero attached hydrogens (tertiary/aromatic N) is 2. The molecule has 2 nitrogen and oxygen atoms in total. The van der Waals surface area contributed by atoms with E-state index >= 15 is 0 Å². The summed E-state index contributed by atoms with van der Waals surface area (Å²) in [5.41, 5.74) is 27.4. The van der Waals surface area contributed by atoms with Crippen LogP contribution in [0.2, 0.25) is 58.9 Å². The first-order valence-corrected chi connectivity index (χ1v) is 51.5. The van der Waals surface area contributed by atoms with Crippen LogP contribution in [-0.4, -0.2) is 24.2 Å². The lowest BCUT2D eigenvalue weighted by atomic mass is 9.70. The van der Waals surface area contributed by atoms with Gasteiger partial charge < -0.3 is 9.80 Å². The molecule has 2 aliphatic rings. The van der Waals surface area contributed by atoms with Gasteiger partial charge in [0.1, 0.15) is 0 Å². The highest BCUT2D eigenvalue weighted by atomic mass is 79.9. The van der Waals surface area contributed by atoms with E-state index in [4.69, 9.17) is 0 Å². The van der Waals surface area contributed by atoms with Gasteiger partial charge in [-0.1, -0.05) is 289 Å². The molecular weight excluding hydrogens is 1470 g/mol.